The lowest BCUT2D eigenvalue weighted by atomic mass is 10.2. The van der Waals surface area contributed by atoms with Gasteiger partial charge in [-0.2, -0.15) is 0 Å². The van der Waals surface area contributed by atoms with E-state index in [-0.39, 0.29) is 12.0 Å². The molecule has 9 heteroatoms. The molecule has 1 aliphatic heterocycles. The molecule has 1 aromatic heterocycles. The van der Waals surface area contributed by atoms with E-state index in [9.17, 15) is 4.79 Å². The van der Waals surface area contributed by atoms with E-state index in [1.165, 1.54) is 7.11 Å². The van der Waals surface area contributed by atoms with E-state index in [1.807, 2.05) is 18.2 Å². The minimum Gasteiger partial charge on any atom is -0.479 e. The molecule has 0 unspecified atom stereocenters. The molecule has 0 radical (unpaired) electrons. The van der Waals surface area contributed by atoms with Gasteiger partial charge in [-0.3, -0.25) is 9.69 Å². The van der Waals surface area contributed by atoms with Crippen LogP contribution >= 0.6 is 23.2 Å². The van der Waals surface area contributed by atoms with Gasteiger partial charge in [0.25, 0.3) is 5.88 Å². The summed E-state index contributed by atoms with van der Waals surface area (Å²) in [6, 6.07) is 7.34. The van der Waals surface area contributed by atoms with Crippen LogP contribution in [0.2, 0.25) is 10.0 Å². The number of carbonyl (C=O) groups excluding carboxylic acids is 1. The van der Waals surface area contributed by atoms with Gasteiger partial charge in [-0.15, -0.1) is 0 Å². The van der Waals surface area contributed by atoms with E-state index in [4.69, 9.17) is 37.2 Å². The van der Waals surface area contributed by atoms with Crippen molar-refractivity contribution in [2.75, 3.05) is 33.4 Å². The number of rotatable bonds is 8. The van der Waals surface area contributed by atoms with Crippen LogP contribution < -0.4 is 10.1 Å². The maximum absolute atomic E-state index is 12.1. The summed E-state index contributed by atoms with van der Waals surface area (Å²) in [6.45, 7) is 3.42. The number of hydrogen-bond acceptors (Lipinski definition) is 6. The molecule has 2 aromatic rings. The van der Waals surface area contributed by atoms with Crippen LogP contribution in [0.3, 0.4) is 0 Å². The zero-order valence-electron chi connectivity index (χ0n) is 15.6. The van der Waals surface area contributed by atoms with Gasteiger partial charge >= 0.3 is 0 Å². The number of nitrogens with one attached hydrogen (secondary N) is 1. The normalized spacial score (nSPS) is 17.5. The first-order chi connectivity index (χ1) is 13.5. The van der Waals surface area contributed by atoms with Crippen molar-refractivity contribution in [1.29, 1.82) is 0 Å². The third-order valence-corrected chi connectivity index (χ3v) is 5.22. The van der Waals surface area contributed by atoms with E-state index >= 15 is 0 Å². The van der Waals surface area contributed by atoms with Gasteiger partial charge in [-0.1, -0.05) is 29.3 Å². The Hall–Kier alpha value is -1.80. The van der Waals surface area contributed by atoms with Crippen LogP contribution in [0.25, 0.3) is 0 Å². The van der Waals surface area contributed by atoms with Crippen LogP contribution in [0.1, 0.15) is 17.7 Å². The third-order valence-electron chi connectivity index (χ3n) is 4.48. The second-order valence-electron chi connectivity index (χ2n) is 6.62. The van der Waals surface area contributed by atoms with Crippen molar-refractivity contribution in [2.24, 2.45) is 0 Å². The summed E-state index contributed by atoms with van der Waals surface area (Å²) in [5.41, 5.74) is 1.10. The molecule has 3 rings (SSSR count). The molecular weight excluding hydrogens is 405 g/mol. The van der Waals surface area contributed by atoms with Crippen LogP contribution in [0, 0.1) is 0 Å². The molecule has 7 nitrogen and oxygen atoms in total. The van der Waals surface area contributed by atoms with Crippen molar-refractivity contribution >= 4 is 29.1 Å². The maximum Gasteiger partial charge on any atom is 0.254 e. The number of aromatic nitrogens is 1. The summed E-state index contributed by atoms with van der Waals surface area (Å²) in [5, 5.41) is 7.75. The number of carbonyl (C=O) groups is 1. The second-order valence-corrected chi connectivity index (χ2v) is 7.43. The number of amides is 1. The second kappa shape index (κ2) is 10.1. The van der Waals surface area contributed by atoms with Gasteiger partial charge in [0.05, 0.1) is 29.9 Å². The molecular formula is C19H23Cl2N3O4. The number of ether oxygens (including phenoxy) is 2. The highest BCUT2D eigenvalue weighted by atomic mass is 35.5. The van der Waals surface area contributed by atoms with Crippen LogP contribution in [0.4, 0.5) is 0 Å². The Morgan fingerprint density at radius 1 is 1.36 bits per heavy atom. The fraction of sp³-hybridized carbons (Fsp3) is 0.474. The zero-order chi connectivity index (χ0) is 19.9. The van der Waals surface area contributed by atoms with E-state index in [2.05, 4.69) is 15.4 Å². The average molecular weight is 428 g/mol. The highest BCUT2D eigenvalue weighted by molar-refractivity contribution is 6.42. The Balaban J connectivity index is 1.40. The van der Waals surface area contributed by atoms with Crippen LogP contribution in [0.5, 0.6) is 5.88 Å². The molecule has 0 spiro atoms. The van der Waals surface area contributed by atoms with Gasteiger partial charge in [0.1, 0.15) is 5.76 Å². The Morgan fingerprint density at radius 2 is 2.21 bits per heavy atom. The lowest BCUT2D eigenvalue weighted by Gasteiger charge is -2.33. The summed E-state index contributed by atoms with van der Waals surface area (Å²) in [4.78, 5) is 14.4. The number of nitrogens with zero attached hydrogens (tertiary/aromatic N) is 2. The van der Waals surface area contributed by atoms with Crippen molar-refractivity contribution in [1.82, 2.24) is 15.4 Å². The first-order valence-corrected chi connectivity index (χ1v) is 9.83. The van der Waals surface area contributed by atoms with Crippen molar-refractivity contribution in [3.8, 4) is 5.88 Å². The number of aryl methyl sites for hydroxylation is 1. The smallest absolute Gasteiger partial charge is 0.254 e. The maximum atomic E-state index is 12.1. The predicted octanol–water partition coefficient (Wildman–Crippen LogP) is 2.94. The quantitative estimate of drug-likeness (QED) is 0.697. The molecule has 1 saturated heterocycles. The molecule has 1 amide bonds. The zero-order valence-corrected chi connectivity index (χ0v) is 17.1. The van der Waals surface area contributed by atoms with Gasteiger partial charge in [0, 0.05) is 45.1 Å². The Morgan fingerprint density at radius 3 is 2.96 bits per heavy atom. The summed E-state index contributed by atoms with van der Waals surface area (Å²) in [7, 11) is 1.52. The Bertz CT molecular complexity index is 799. The standard InChI is InChI=1S/C19H23Cl2N3O4/c1-26-19-9-14(28-23-19)3-5-18(25)22-10-15-12-24(6-7-27-15)11-13-2-4-16(20)17(21)8-13/h2,4,8-9,15H,3,5-7,10-12H2,1H3,(H,22,25)/t15-/m0/s1. The first kappa shape index (κ1) is 20.9. The highest BCUT2D eigenvalue weighted by Gasteiger charge is 2.21. The predicted molar refractivity (Wildman–Crippen MR) is 106 cm³/mol. The number of halogens is 2. The van der Waals surface area contributed by atoms with Gasteiger partial charge in [0.15, 0.2) is 0 Å². The minimum absolute atomic E-state index is 0.0501. The summed E-state index contributed by atoms with van der Waals surface area (Å²) >= 11 is 12.1. The molecule has 1 aromatic carbocycles. The topological polar surface area (TPSA) is 76.8 Å². The average Bonchev–Trinajstić information content (AvgIpc) is 3.16. The molecule has 1 atom stereocenters. The summed E-state index contributed by atoms with van der Waals surface area (Å²) in [5.74, 6) is 0.974. The lowest BCUT2D eigenvalue weighted by molar-refractivity contribution is -0.122. The molecule has 1 aliphatic rings. The van der Waals surface area contributed by atoms with E-state index in [0.717, 1.165) is 25.2 Å². The van der Waals surface area contributed by atoms with Crippen LogP contribution in [-0.2, 0) is 22.5 Å². The van der Waals surface area contributed by atoms with Crippen molar-refractivity contribution in [3.63, 3.8) is 0 Å². The van der Waals surface area contributed by atoms with Crippen LogP contribution in [0.15, 0.2) is 28.8 Å². The fourth-order valence-electron chi connectivity index (χ4n) is 3.00. The van der Waals surface area contributed by atoms with E-state index in [1.54, 1.807) is 6.07 Å². The van der Waals surface area contributed by atoms with Crippen molar-refractivity contribution < 1.29 is 18.8 Å². The van der Waals surface area contributed by atoms with E-state index < -0.39 is 0 Å². The SMILES string of the molecule is COc1cc(CCC(=O)NC[C@H]2CN(Cc3ccc(Cl)c(Cl)c3)CCO2)on1. The molecule has 152 valence electrons. The number of methoxy groups -OCH3 is 1. The number of benzene rings is 1. The Kier molecular flexibility index (Phi) is 7.56. The monoisotopic (exact) mass is 427 g/mol. The highest BCUT2D eigenvalue weighted by Crippen LogP contribution is 2.23. The van der Waals surface area contributed by atoms with Gasteiger partial charge in [-0.05, 0) is 22.9 Å². The molecule has 0 bridgehead atoms. The molecule has 1 fully saturated rings. The van der Waals surface area contributed by atoms with Crippen LogP contribution in [-0.4, -0.2) is 55.4 Å². The van der Waals surface area contributed by atoms with Crippen molar-refractivity contribution in [3.05, 3.63) is 45.6 Å². The molecule has 2 heterocycles. The van der Waals surface area contributed by atoms with Gasteiger partial charge in [0.2, 0.25) is 5.91 Å². The summed E-state index contributed by atoms with van der Waals surface area (Å²) < 4.78 is 15.8. The summed E-state index contributed by atoms with van der Waals surface area (Å²) in [6.07, 6.45) is 0.737. The van der Waals surface area contributed by atoms with Gasteiger partial charge in [-0.25, -0.2) is 0 Å². The Labute approximate surface area is 173 Å². The van der Waals surface area contributed by atoms with Gasteiger partial charge < -0.3 is 19.3 Å². The fourth-order valence-corrected chi connectivity index (χ4v) is 3.33. The van der Waals surface area contributed by atoms with E-state index in [0.29, 0.717) is 47.7 Å². The third kappa shape index (κ3) is 6.10. The molecule has 28 heavy (non-hydrogen) atoms. The lowest BCUT2D eigenvalue weighted by Crippen LogP contribution is -2.47. The number of hydrogen-bond donors (Lipinski definition) is 1. The largest absolute Gasteiger partial charge is 0.479 e. The minimum atomic E-state index is -0.0550. The van der Waals surface area contributed by atoms with Crippen molar-refractivity contribution in [2.45, 2.75) is 25.5 Å². The number of morpholine rings is 1. The molecule has 0 aliphatic carbocycles. The first-order valence-electron chi connectivity index (χ1n) is 9.07. The molecule has 1 N–H and O–H groups in total. The molecule has 0 saturated carbocycles.